The molecule has 0 spiro atoms. The molecule has 3 N–H and O–H groups in total. The minimum Gasteiger partial charge on any atom is -0.331 e. The number of anilines is 2. The first-order valence-electron chi connectivity index (χ1n) is 6.86. The molecule has 0 aromatic heterocycles. The van der Waals surface area contributed by atoms with Gasteiger partial charge in [0.2, 0.25) is 0 Å². The molecule has 0 fully saturated rings. The van der Waals surface area contributed by atoms with Crippen LogP contribution in [-0.4, -0.2) is 16.7 Å². The van der Waals surface area contributed by atoms with Crippen molar-refractivity contribution in [2.45, 2.75) is 6.92 Å². The monoisotopic (exact) mass is 328 g/mol. The molecule has 0 atom stereocenters. The number of carbonyl (C=O) groups is 1. The molecule has 0 radical (unpaired) electrons. The average molecular weight is 328 g/mol. The normalized spacial score (nSPS) is 14.3. The Labute approximate surface area is 137 Å². The van der Waals surface area contributed by atoms with Crippen LogP contribution in [0.2, 0.25) is 0 Å². The standard InChI is InChI=1S/C16H13FN4OS/c1-9-4-2-3-5-12(9)19-16(23)21-20-14-11-8-10(17)6-7-13(11)18-15(14)22/h2-8H,1H3,(H,18,20,22)(H2,19,21,23). The van der Waals surface area contributed by atoms with Crippen LogP contribution >= 0.6 is 12.2 Å². The maximum absolute atomic E-state index is 13.3. The van der Waals surface area contributed by atoms with Gasteiger partial charge in [-0.1, -0.05) is 18.2 Å². The highest BCUT2D eigenvalue weighted by molar-refractivity contribution is 7.80. The minimum atomic E-state index is -0.437. The van der Waals surface area contributed by atoms with Crippen LogP contribution in [0, 0.1) is 12.7 Å². The molecule has 0 saturated heterocycles. The van der Waals surface area contributed by atoms with Crippen molar-refractivity contribution in [2.75, 3.05) is 10.6 Å². The molecule has 0 unspecified atom stereocenters. The van der Waals surface area contributed by atoms with E-state index in [1.54, 1.807) is 0 Å². The number of benzene rings is 2. The molecule has 5 nitrogen and oxygen atoms in total. The van der Waals surface area contributed by atoms with Gasteiger partial charge >= 0.3 is 0 Å². The van der Waals surface area contributed by atoms with Gasteiger partial charge in [0, 0.05) is 11.3 Å². The van der Waals surface area contributed by atoms with E-state index < -0.39 is 11.7 Å². The first-order chi connectivity index (χ1) is 11.0. The Morgan fingerprint density at radius 1 is 1.26 bits per heavy atom. The van der Waals surface area contributed by atoms with Gasteiger partial charge in [0.25, 0.3) is 5.91 Å². The lowest BCUT2D eigenvalue weighted by molar-refractivity contribution is -0.110. The number of para-hydroxylation sites is 1. The zero-order chi connectivity index (χ0) is 16.4. The van der Waals surface area contributed by atoms with Crippen molar-refractivity contribution in [3.63, 3.8) is 0 Å². The van der Waals surface area contributed by atoms with E-state index in [0.717, 1.165) is 11.3 Å². The Kier molecular flexibility index (Phi) is 4.03. The average Bonchev–Trinajstić information content (AvgIpc) is 2.82. The summed E-state index contributed by atoms with van der Waals surface area (Å²) >= 11 is 5.16. The van der Waals surface area contributed by atoms with Gasteiger partial charge < -0.3 is 10.6 Å². The second-order valence-corrected chi connectivity index (χ2v) is 5.39. The predicted molar refractivity (Wildman–Crippen MR) is 92.1 cm³/mol. The first-order valence-corrected chi connectivity index (χ1v) is 7.27. The number of fused-ring (bicyclic) bond motifs is 1. The lowest BCUT2D eigenvalue weighted by Gasteiger charge is -2.09. The van der Waals surface area contributed by atoms with Crippen molar-refractivity contribution in [3.05, 3.63) is 59.4 Å². The Balaban J connectivity index is 1.76. The number of nitrogens with zero attached hydrogens (tertiary/aromatic N) is 1. The van der Waals surface area contributed by atoms with Gasteiger partial charge in [0.15, 0.2) is 10.8 Å². The van der Waals surface area contributed by atoms with Gasteiger partial charge in [-0.15, -0.1) is 0 Å². The Hall–Kier alpha value is -2.80. The van der Waals surface area contributed by atoms with Crippen molar-refractivity contribution >= 4 is 40.3 Å². The molecule has 2 aromatic rings. The van der Waals surface area contributed by atoms with Crippen molar-refractivity contribution in [2.24, 2.45) is 5.10 Å². The molecule has 23 heavy (non-hydrogen) atoms. The second kappa shape index (κ2) is 6.13. The van der Waals surface area contributed by atoms with E-state index in [4.69, 9.17) is 12.2 Å². The maximum Gasteiger partial charge on any atom is 0.276 e. The summed E-state index contributed by atoms with van der Waals surface area (Å²) in [4.78, 5) is 11.9. The summed E-state index contributed by atoms with van der Waals surface area (Å²) in [5.74, 6) is -0.842. The SMILES string of the molecule is Cc1ccccc1NC(=S)N/N=C1\C(=O)Nc2ccc(F)cc21. The van der Waals surface area contributed by atoms with Crippen LogP contribution < -0.4 is 16.1 Å². The molecule has 7 heteroatoms. The fraction of sp³-hybridized carbons (Fsp3) is 0.0625. The van der Waals surface area contributed by atoms with E-state index in [2.05, 4.69) is 21.2 Å². The quantitative estimate of drug-likeness (QED) is 0.586. The fourth-order valence-corrected chi connectivity index (χ4v) is 2.36. The number of aryl methyl sites for hydroxylation is 1. The molecule has 1 amide bonds. The maximum atomic E-state index is 13.3. The van der Waals surface area contributed by atoms with E-state index in [-0.39, 0.29) is 10.8 Å². The Morgan fingerprint density at radius 3 is 2.83 bits per heavy atom. The van der Waals surface area contributed by atoms with Gasteiger partial charge in [0.05, 0.1) is 5.69 Å². The Morgan fingerprint density at radius 2 is 2.04 bits per heavy atom. The summed E-state index contributed by atoms with van der Waals surface area (Å²) in [5, 5.41) is 9.85. The molecular weight excluding hydrogens is 315 g/mol. The van der Waals surface area contributed by atoms with Crippen molar-refractivity contribution in [1.82, 2.24) is 5.43 Å². The summed E-state index contributed by atoms with van der Waals surface area (Å²) in [6.07, 6.45) is 0. The van der Waals surface area contributed by atoms with Crippen molar-refractivity contribution in [3.8, 4) is 0 Å². The molecule has 3 rings (SSSR count). The highest BCUT2D eigenvalue weighted by atomic mass is 32.1. The third-order valence-corrected chi connectivity index (χ3v) is 3.56. The van der Waals surface area contributed by atoms with Gasteiger partial charge in [0.1, 0.15) is 5.82 Å². The third-order valence-electron chi connectivity index (χ3n) is 3.36. The molecule has 1 heterocycles. The van der Waals surface area contributed by atoms with Crippen molar-refractivity contribution < 1.29 is 9.18 Å². The number of carbonyl (C=O) groups excluding carboxylic acids is 1. The van der Waals surface area contributed by atoms with E-state index in [1.807, 2.05) is 31.2 Å². The van der Waals surface area contributed by atoms with E-state index in [0.29, 0.717) is 11.3 Å². The molecule has 2 aromatic carbocycles. The summed E-state index contributed by atoms with van der Waals surface area (Å²) in [6.45, 7) is 1.94. The molecular formula is C16H13FN4OS. The minimum absolute atomic E-state index is 0.0911. The van der Waals surface area contributed by atoms with Crippen LogP contribution in [0.4, 0.5) is 15.8 Å². The summed E-state index contributed by atoms with van der Waals surface area (Å²) < 4.78 is 13.3. The zero-order valence-electron chi connectivity index (χ0n) is 12.2. The molecule has 0 bridgehead atoms. The molecule has 1 aliphatic rings. The third kappa shape index (κ3) is 3.19. The largest absolute Gasteiger partial charge is 0.331 e. The number of hydrogen-bond donors (Lipinski definition) is 3. The second-order valence-electron chi connectivity index (χ2n) is 4.99. The summed E-state index contributed by atoms with van der Waals surface area (Å²) in [5.41, 5.74) is 5.50. The lowest BCUT2D eigenvalue weighted by Crippen LogP contribution is -2.27. The van der Waals surface area contributed by atoms with Gasteiger partial charge in [-0.05, 0) is 49.0 Å². The van der Waals surface area contributed by atoms with Crippen LogP contribution in [0.25, 0.3) is 0 Å². The number of nitrogens with one attached hydrogen (secondary N) is 3. The van der Waals surface area contributed by atoms with Crippen LogP contribution in [0.5, 0.6) is 0 Å². The summed E-state index contributed by atoms with van der Waals surface area (Å²) in [7, 11) is 0. The molecule has 1 aliphatic heterocycles. The number of thiocarbonyl (C=S) groups is 1. The Bertz CT molecular complexity index is 835. The van der Waals surface area contributed by atoms with Crippen molar-refractivity contribution in [1.29, 1.82) is 0 Å². The van der Waals surface area contributed by atoms with Crippen LogP contribution in [0.15, 0.2) is 47.6 Å². The van der Waals surface area contributed by atoms with E-state index in [1.165, 1.54) is 18.2 Å². The zero-order valence-corrected chi connectivity index (χ0v) is 13.0. The number of hydrazone groups is 1. The first kappa shape index (κ1) is 15.1. The van der Waals surface area contributed by atoms with E-state index >= 15 is 0 Å². The molecule has 116 valence electrons. The lowest BCUT2D eigenvalue weighted by atomic mass is 10.1. The summed E-state index contributed by atoms with van der Waals surface area (Å²) in [6, 6.07) is 11.7. The van der Waals surface area contributed by atoms with Crippen LogP contribution in [-0.2, 0) is 4.79 Å². The predicted octanol–water partition coefficient (Wildman–Crippen LogP) is 2.78. The fourth-order valence-electron chi connectivity index (χ4n) is 2.21. The molecule has 0 saturated carbocycles. The molecule has 0 aliphatic carbocycles. The van der Waals surface area contributed by atoms with Gasteiger partial charge in [-0.25, -0.2) is 4.39 Å². The number of halogens is 1. The number of rotatable bonds is 2. The number of amides is 1. The smallest absolute Gasteiger partial charge is 0.276 e. The van der Waals surface area contributed by atoms with E-state index in [9.17, 15) is 9.18 Å². The van der Waals surface area contributed by atoms with Gasteiger partial charge in [-0.2, -0.15) is 5.10 Å². The topological polar surface area (TPSA) is 65.5 Å². The number of hydrogen-bond acceptors (Lipinski definition) is 3. The van der Waals surface area contributed by atoms with Crippen LogP contribution in [0.1, 0.15) is 11.1 Å². The highest BCUT2D eigenvalue weighted by Crippen LogP contribution is 2.23. The highest BCUT2D eigenvalue weighted by Gasteiger charge is 2.26. The van der Waals surface area contributed by atoms with Crippen LogP contribution in [0.3, 0.4) is 0 Å². The van der Waals surface area contributed by atoms with Gasteiger partial charge in [-0.3, -0.25) is 10.2 Å².